The first-order valence-corrected chi connectivity index (χ1v) is 11.5. The average molecular weight is 506 g/mol. The van der Waals surface area contributed by atoms with Crippen molar-refractivity contribution in [2.24, 2.45) is 23.7 Å². The quantitative estimate of drug-likeness (QED) is 0.390. The van der Waals surface area contributed by atoms with Gasteiger partial charge < -0.3 is 10.1 Å². The maximum atomic E-state index is 13.6. The monoisotopic (exact) mass is 505 g/mol. The van der Waals surface area contributed by atoms with Gasteiger partial charge in [-0.3, -0.25) is 9.59 Å². The van der Waals surface area contributed by atoms with Crippen molar-refractivity contribution in [2.45, 2.75) is 46.7 Å². The van der Waals surface area contributed by atoms with E-state index in [2.05, 4.69) is 5.32 Å². The van der Waals surface area contributed by atoms with Gasteiger partial charge in [-0.05, 0) is 55.9 Å². The Morgan fingerprint density at radius 2 is 1.91 bits per heavy atom. The molecule has 0 radical (unpaired) electrons. The van der Waals surface area contributed by atoms with Crippen molar-refractivity contribution in [3.05, 3.63) is 51.5 Å². The van der Waals surface area contributed by atoms with Crippen LogP contribution in [0.5, 0.6) is 0 Å². The molecule has 182 valence electrons. The van der Waals surface area contributed by atoms with Crippen LogP contribution in [-0.4, -0.2) is 24.7 Å². The van der Waals surface area contributed by atoms with Crippen molar-refractivity contribution >= 4 is 40.8 Å². The summed E-state index contributed by atoms with van der Waals surface area (Å²) in [5, 5.41) is 3.24. The average Bonchev–Trinajstić information content (AvgIpc) is 2.72. The van der Waals surface area contributed by atoms with Crippen LogP contribution < -0.4 is 5.32 Å². The molecule has 1 unspecified atom stereocenters. The van der Waals surface area contributed by atoms with Gasteiger partial charge in [0.1, 0.15) is 0 Å². The lowest BCUT2D eigenvalue weighted by atomic mass is 9.77. The number of esters is 1. The Morgan fingerprint density at radius 3 is 2.48 bits per heavy atom. The molecule has 0 saturated heterocycles. The Bertz CT molecular complexity index is 943. The lowest BCUT2D eigenvalue weighted by molar-refractivity contribution is -0.188. The summed E-state index contributed by atoms with van der Waals surface area (Å²) in [6, 6.07) is 4.81. The predicted octanol–water partition coefficient (Wildman–Crippen LogP) is 6.92. The summed E-state index contributed by atoms with van der Waals surface area (Å²) in [7, 11) is 0. The molecule has 0 saturated carbocycles. The van der Waals surface area contributed by atoms with E-state index in [1.54, 1.807) is 51.1 Å². The van der Waals surface area contributed by atoms with Crippen molar-refractivity contribution in [1.82, 2.24) is 0 Å². The summed E-state index contributed by atoms with van der Waals surface area (Å²) in [5.41, 5.74) is 1.52. The van der Waals surface area contributed by atoms with Crippen molar-refractivity contribution < 1.29 is 27.5 Å². The van der Waals surface area contributed by atoms with Gasteiger partial charge in [0.05, 0.1) is 35.1 Å². The molecule has 1 aromatic rings. The summed E-state index contributed by atoms with van der Waals surface area (Å²) in [5.74, 6) is -5.50. The second-order valence-electron chi connectivity index (χ2n) is 8.32. The van der Waals surface area contributed by atoms with Gasteiger partial charge in [-0.15, -0.1) is 0 Å². The third-order valence-corrected chi connectivity index (χ3v) is 6.53. The smallest absolute Gasteiger partial charge is 0.392 e. The van der Waals surface area contributed by atoms with Crippen LogP contribution in [0, 0.1) is 23.7 Å². The van der Waals surface area contributed by atoms with E-state index in [9.17, 15) is 22.8 Å². The van der Waals surface area contributed by atoms with Crippen LogP contribution in [0.4, 0.5) is 18.9 Å². The van der Waals surface area contributed by atoms with E-state index in [1.165, 1.54) is 0 Å². The van der Waals surface area contributed by atoms with Crippen LogP contribution >= 0.6 is 23.2 Å². The Hall–Kier alpha value is -1.99. The van der Waals surface area contributed by atoms with Gasteiger partial charge >= 0.3 is 12.1 Å². The molecule has 0 bridgehead atoms. The number of hydrogen-bond donors (Lipinski definition) is 1. The van der Waals surface area contributed by atoms with Gasteiger partial charge in [-0.25, -0.2) is 0 Å². The van der Waals surface area contributed by atoms with Crippen LogP contribution in [0.2, 0.25) is 5.02 Å². The highest BCUT2D eigenvalue weighted by Crippen LogP contribution is 2.41. The highest BCUT2D eigenvalue weighted by atomic mass is 35.5. The van der Waals surface area contributed by atoms with E-state index in [0.717, 1.165) is 6.92 Å². The molecule has 1 aliphatic carbocycles. The fraction of sp³-hybridized carbons (Fsp3) is 0.500. The Labute approximate surface area is 202 Å². The highest BCUT2D eigenvalue weighted by molar-refractivity contribution is 6.33. The van der Waals surface area contributed by atoms with Gasteiger partial charge in [0.25, 0.3) is 0 Å². The first kappa shape index (κ1) is 27.3. The molecule has 2 rings (SSSR count). The SMILES string of the molecule is CCOC(=O)[C@@H](C)Cc1ccc(Cl)c(NC(=O)[C@H](C2C=C(C)C(Cl)=CC2)[C@@H](C)C(F)(F)F)c1. The highest BCUT2D eigenvalue weighted by Gasteiger charge is 2.47. The van der Waals surface area contributed by atoms with Crippen molar-refractivity contribution in [3.63, 3.8) is 0 Å². The van der Waals surface area contributed by atoms with E-state index in [-0.39, 0.29) is 29.7 Å². The fourth-order valence-electron chi connectivity index (χ4n) is 3.85. The molecule has 0 heterocycles. The fourth-order valence-corrected chi connectivity index (χ4v) is 4.17. The normalized spacial score (nSPS) is 19.1. The first-order valence-electron chi connectivity index (χ1n) is 10.7. The zero-order valence-corrected chi connectivity index (χ0v) is 20.4. The van der Waals surface area contributed by atoms with Gasteiger partial charge in [0.15, 0.2) is 0 Å². The standard InChI is InChI=1S/C24H28Cl2F3NO3/c1-5-33-23(32)14(3)10-16-6-8-19(26)20(12-16)30-22(31)21(15(4)24(27,28)29)17-7-9-18(25)13(2)11-17/h6,8-9,11-12,14-15,17,21H,5,7,10H2,1-4H3,(H,30,31)/t14-,15+,17?,21-/m0/s1. The number of anilines is 1. The molecular formula is C24H28Cl2F3NO3. The number of alkyl halides is 3. The third-order valence-electron chi connectivity index (χ3n) is 5.75. The molecule has 0 spiro atoms. The number of carbonyl (C=O) groups is 2. The lowest BCUT2D eigenvalue weighted by Crippen LogP contribution is -2.40. The van der Waals surface area contributed by atoms with Gasteiger partial charge in [-0.2, -0.15) is 13.2 Å². The number of nitrogens with one attached hydrogen (secondary N) is 1. The summed E-state index contributed by atoms with van der Waals surface area (Å²) in [6.45, 7) is 6.39. The zero-order chi connectivity index (χ0) is 24.9. The number of ether oxygens (including phenoxy) is 1. The van der Waals surface area contributed by atoms with Gasteiger partial charge in [-0.1, -0.05) is 55.3 Å². The van der Waals surface area contributed by atoms with Crippen LogP contribution in [0.1, 0.15) is 39.7 Å². The Balaban J connectivity index is 2.29. The van der Waals surface area contributed by atoms with Crippen LogP contribution in [-0.2, 0) is 20.7 Å². The third kappa shape index (κ3) is 7.24. The number of allylic oxidation sites excluding steroid dienone is 4. The minimum atomic E-state index is -4.56. The van der Waals surface area contributed by atoms with Crippen LogP contribution in [0.3, 0.4) is 0 Å². The molecule has 1 N–H and O–H groups in total. The molecule has 4 atom stereocenters. The molecule has 1 aliphatic rings. The molecule has 0 fully saturated rings. The molecular weight excluding hydrogens is 478 g/mol. The second kappa shape index (κ2) is 11.4. The van der Waals surface area contributed by atoms with Crippen molar-refractivity contribution in [1.29, 1.82) is 0 Å². The lowest BCUT2D eigenvalue weighted by Gasteiger charge is -2.32. The molecule has 0 aromatic heterocycles. The molecule has 9 heteroatoms. The van der Waals surface area contributed by atoms with Gasteiger partial charge in [0, 0.05) is 5.03 Å². The molecule has 1 amide bonds. The van der Waals surface area contributed by atoms with Crippen LogP contribution in [0.15, 0.2) is 41.0 Å². The second-order valence-corrected chi connectivity index (χ2v) is 9.13. The molecule has 33 heavy (non-hydrogen) atoms. The van der Waals surface area contributed by atoms with Gasteiger partial charge in [0.2, 0.25) is 5.91 Å². The zero-order valence-electron chi connectivity index (χ0n) is 18.9. The summed E-state index contributed by atoms with van der Waals surface area (Å²) in [4.78, 5) is 25.1. The number of rotatable bonds is 8. The van der Waals surface area contributed by atoms with E-state index in [4.69, 9.17) is 27.9 Å². The minimum Gasteiger partial charge on any atom is -0.466 e. The van der Waals surface area contributed by atoms with Crippen molar-refractivity contribution in [2.75, 3.05) is 11.9 Å². The number of halogens is 5. The molecule has 4 nitrogen and oxygen atoms in total. The topological polar surface area (TPSA) is 55.4 Å². The number of hydrogen-bond acceptors (Lipinski definition) is 3. The molecule has 0 aliphatic heterocycles. The number of amides is 1. The summed E-state index contributed by atoms with van der Waals surface area (Å²) >= 11 is 12.3. The van der Waals surface area contributed by atoms with E-state index < -0.39 is 35.8 Å². The number of benzene rings is 1. The Kier molecular flexibility index (Phi) is 9.44. The van der Waals surface area contributed by atoms with Crippen molar-refractivity contribution in [3.8, 4) is 0 Å². The van der Waals surface area contributed by atoms with E-state index in [0.29, 0.717) is 22.6 Å². The molecule has 1 aromatic carbocycles. The van der Waals surface area contributed by atoms with E-state index >= 15 is 0 Å². The Morgan fingerprint density at radius 1 is 1.24 bits per heavy atom. The minimum absolute atomic E-state index is 0.188. The summed E-state index contributed by atoms with van der Waals surface area (Å²) < 4.78 is 45.9. The first-order chi connectivity index (χ1) is 15.3. The predicted molar refractivity (Wildman–Crippen MR) is 124 cm³/mol. The summed E-state index contributed by atoms with van der Waals surface area (Å²) in [6.07, 6.45) is -0.757. The van der Waals surface area contributed by atoms with Crippen LogP contribution in [0.25, 0.3) is 0 Å². The van der Waals surface area contributed by atoms with E-state index in [1.807, 2.05) is 0 Å². The largest absolute Gasteiger partial charge is 0.466 e. The maximum absolute atomic E-state index is 13.6. The number of carbonyl (C=O) groups excluding carboxylic acids is 2. The maximum Gasteiger partial charge on any atom is 0.392 e.